The van der Waals surface area contributed by atoms with Crippen LogP contribution < -0.4 is 14.4 Å². The van der Waals surface area contributed by atoms with Crippen LogP contribution in [-0.2, 0) is 0 Å². The Kier molecular flexibility index (Phi) is 4.14. The number of aromatic carboxylic acids is 1. The molecule has 1 aliphatic rings. The van der Waals surface area contributed by atoms with Gasteiger partial charge in [-0.2, -0.15) is 0 Å². The fraction of sp³-hybridized carbons (Fsp3) is 0.167. The lowest BCUT2D eigenvalue weighted by molar-refractivity contribution is 0.0697. The third kappa shape index (κ3) is 2.59. The van der Waals surface area contributed by atoms with Gasteiger partial charge < -0.3 is 14.6 Å². The van der Waals surface area contributed by atoms with E-state index in [4.69, 9.17) is 9.47 Å². The first-order valence-corrected chi connectivity index (χ1v) is 7.55. The zero-order valence-electron chi connectivity index (χ0n) is 13.6. The molecular weight excluding hydrogens is 326 g/mol. The molecule has 0 fully saturated rings. The van der Waals surface area contributed by atoms with Crippen molar-refractivity contribution in [3.63, 3.8) is 0 Å². The molecule has 0 unspecified atom stereocenters. The van der Waals surface area contributed by atoms with E-state index in [0.29, 0.717) is 6.61 Å². The summed E-state index contributed by atoms with van der Waals surface area (Å²) in [7, 11) is 1.39. The maximum Gasteiger partial charge on any atom is 0.337 e. The van der Waals surface area contributed by atoms with Gasteiger partial charge in [-0.25, -0.2) is 9.69 Å². The number of carbonyl (C=O) groups is 3. The summed E-state index contributed by atoms with van der Waals surface area (Å²) < 4.78 is 10.6. The normalized spacial score (nSPS) is 13.0. The highest BCUT2D eigenvalue weighted by Crippen LogP contribution is 2.38. The van der Waals surface area contributed by atoms with Crippen molar-refractivity contribution in [3.8, 4) is 11.5 Å². The molecule has 1 N–H and O–H groups in total. The number of fused-ring (bicyclic) bond motifs is 1. The minimum absolute atomic E-state index is 0.0565. The molecule has 7 heteroatoms. The minimum Gasteiger partial charge on any atom is -0.493 e. The number of hydrogen-bond donors (Lipinski definition) is 1. The molecule has 0 saturated carbocycles. The number of carboxylic acids is 1. The summed E-state index contributed by atoms with van der Waals surface area (Å²) in [5.41, 5.74) is 0.186. The molecule has 1 heterocycles. The zero-order valence-corrected chi connectivity index (χ0v) is 13.6. The van der Waals surface area contributed by atoms with Crippen LogP contribution in [0.4, 0.5) is 5.69 Å². The molecule has 3 rings (SSSR count). The maximum atomic E-state index is 12.6. The van der Waals surface area contributed by atoms with Gasteiger partial charge in [-0.1, -0.05) is 12.1 Å². The Balaban J connectivity index is 2.19. The van der Waals surface area contributed by atoms with Crippen molar-refractivity contribution in [2.75, 3.05) is 18.6 Å². The van der Waals surface area contributed by atoms with Gasteiger partial charge in [0.25, 0.3) is 11.8 Å². The van der Waals surface area contributed by atoms with Crippen LogP contribution in [0.5, 0.6) is 11.5 Å². The molecule has 0 saturated heterocycles. The number of amides is 2. The molecule has 2 aromatic carbocycles. The van der Waals surface area contributed by atoms with E-state index in [9.17, 15) is 19.5 Å². The molecule has 0 bridgehead atoms. The largest absolute Gasteiger partial charge is 0.493 e. The molecule has 7 nitrogen and oxygen atoms in total. The standard InChI is InChI=1S/C18H15NO6/c1-3-25-15-8-12(18(22)23)13(9-14(15)24-2)19-16(20)10-6-4-5-7-11(10)17(19)21/h4-9H,3H2,1-2H3,(H,22,23). The van der Waals surface area contributed by atoms with Gasteiger partial charge >= 0.3 is 5.97 Å². The van der Waals surface area contributed by atoms with E-state index in [1.165, 1.54) is 31.4 Å². The summed E-state index contributed by atoms with van der Waals surface area (Å²) in [6.07, 6.45) is 0. The van der Waals surface area contributed by atoms with E-state index in [0.717, 1.165) is 4.90 Å². The molecule has 2 aromatic rings. The van der Waals surface area contributed by atoms with Crippen LogP contribution in [0.2, 0.25) is 0 Å². The first-order chi connectivity index (χ1) is 12.0. The topological polar surface area (TPSA) is 93.1 Å². The smallest absolute Gasteiger partial charge is 0.337 e. The number of benzene rings is 2. The summed E-state index contributed by atoms with van der Waals surface area (Å²) >= 11 is 0. The van der Waals surface area contributed by atoms with Crippen molar-refractivity contribution in [3.05, 3.63) is 53.1 Å². The zero-order chi connectivity index (χ0) is 18.1. The average molecular weight is 341 g/mol. The van der Waals surface area contributed by atoms with Crippen LogP contribution in [0, 0.1) is 0 Å². The highest BCUT2D eigenvalue weighted by atomic mass is 16.5. The second kappa shape index (κ2) is 6.27. The quantitative estimate of drug-likeness (QED) is 0.840. The molecule has 0 aliphatic carbocycles. The van der Waals surface area contributed by atoms with Crippen molar-refractivity contribution in [2.24, 2.45) is 0 Å². The summed E-state index contributed by atoms with van der Waals surface area (Å²) in [6, 6.07) is 8.93. The number of carbonyl (C=O) groups excluding carboxylic acids is 2. The summed E-state index contributed by atoms with van der Waals surface area (Å²) in [4.78, 5) is 37.8. The van der Waals surface area contributed by atoms with Crippen LogP contribution >= 0.6 is 0 Å². The SMILES string of the molecule is CCOc1cc(C(=O)O)c(N2C(=O)c3ccccc3C2=O)cc1OC. The fourth-order valence-electron chi connectivity index (χ4n) is 2.74. The molecular formula is C18H15NO6. The fourth-order valence-corrected chi connectivity index (χ4v) is 2.74. The van der Waals surface area contributed by atoms with Crippen molar-refractivity contribution < 1.29 is 29.0 Å². The van der Waals surface area contributed by atoms with E-state index < -0.39 is 17.8 Å². The Labute approximate surface area is 143 Å². The van der Waals surface area contributed by atoms with Gasteiger partial charge in [0, 0.05) is 12.1 Å². The number of imide groups is 1. The van der Waals surface area contributed by atoms with Gasteiger partial charge in [0.1, 0.15) is 0 Å². The number of anilines is 1. The second-order valence-electron chi connectivity index (χ2n) is 5.25. The van der Waals surface area contributed by atoms with Gasteiger partial charge in [-0.3, -0.25) is 9.59 Å². The lowest BCUT2D eigenvalue weighted by atomic mass is 10.1. The lowest BCUT2D eigenvalue weighted by Crippen LogP contribution is -2.31. The maximum absolute atomic E-state index is 12.6. The first kappa shape index (κ1) is 16.5. The summed E-state index contributed by atoms with van der Waals surface area (Å²) in [5, 5.41) is 9.53. The van der Waals surface area contributed by atoms with Gasteiger partial charge in [-0.15, -0.1) is 0 Å². The van der Waals surface area contributed by atoms with E-state index >= 15 is 0 Å². The van der Waals surface area contributed by atoms with Crippen molar-refractivity contribution in [1.29, 1.82) is 0 Å². The van der Waals surface area contributed by atoms with Crippen molar-refractivity contribution in [2.45, 2.75) is 6.92 Å². The van der Waals surface area contributed by atoms with Gasteiger partial charge in [0.15, 0.2) is 11.5 Å². The predicted octanol–water partition coefficient (Wildman–Crippen LogP) is 2.59. The molecule has 0 atom stereocenters. The van der Waals surface area contributed by atoms with Gasteiger partial charge in [-0.05, 0) is 19.1 Å². The van der Waals surface area contributed by atoms with Crippen LogP contribution in [0.15, 0.2) is 36.4 Å². The molecule has 0 spiro atoms. The Morgan fingerprint density at radius 3 is 2.16 bits per heavy atom. The Hall–Kier alpha value is -3.35. The number of nitrogens with zero attached hydrogens (tertiary/aromatic N) is 1. The summed E-state index contributed by atoms with van der Waals surface area (Å²) in [6.45, 7) is 2.06. The van der Waals surface area contributed by atoms with E-state index in [-0.39, 0.29) is 33.9 Å². The Bertz CT molecular complexity index is 854. The summed E-state index contributed by atoms with van der Waals surface area (Å²) in [5.74, 6) is -1.97. The van der Waals surface area contributed by atoms with Crippen LogP contribution in [0.25, 0.3) is 0 Å². The van der Waals surface area contributed by atoms with E-state index in [2.05, 4.69) is 0 Å². The average Bonchev–Trinajstić information content (AvgIpc) is 2.86. The van der Waals surface area contributed by atoms with Crippen molar-refractivity contribution >= 4 is 23.5 Å². The lowest BCUT2D eigenvalue weighted by Gasteiger charge is -2.19. The Morgan fingerprint density at radius 2 is 1.68 bits per heavy atom. The number of carboxylic acid groups (broad SMARTS) is 1. The molecule has 2 amide bonds. The number of hydrogen-bond acceptors (Lipinski definition) is 5. The van der Waals surface area contributed by atoms with Gasteiger partial charge in [0.05, 0.1) is 36.1 Å². The number of rotatable bonds is 5. The number of methoxy groups -OCH3 is 1. The van der Waals surface area contributed by atoms with Crippen molar-refractivity contribution in [1.82, 2.24) is 0 Å². The minimum atomic E-state index is -1.28. The van der Waals surface area contributed by atoms with E-state index in [1.807, 2.05) is 0 Å². The van der Waals surface area contributed by atoms with Crippen LogP contribution in [-0.4, -0.2) is 36.6 Å². The molecule has 128 valence electrons. The third-order valence-electron chi connectivity index (χ3n) is 3.85. The highest BCUT2D eigenvalue weighted by molar-refractivity contribution is 6.35. The first-order valence-electron chi connectivity index (χ1n) is 7.55. The third-order valence-corrected chi connectivity index (χ3v) is 3.85. The van der Waals surface area contributed by atoms with E-state index in [1.54, 1.807) is 19.1 Å². The molecule has 0 aromatic heterocycles. The number of ether oxygens (including phenoxy) is 2. The van der Waals surface area contributed by atoms with Crippen LogP contribution in [0.3, 0.4) is 0 Å². The molecule has 0 radical (unpaired) electrons. The molecule has 1 aliphatic heterocycles. The Morgan fingerprint density at radius 1 is 1.08 bits per heavy atom. The van der Waals surface area contributed by atoms with Crippen LogP contribution in [0.1, 0.15) is 38.0 Å². The second-order valence-corrected chi connectivity index (χ2v) is 5.25. The predicted molar refractivity (Wildman–Crippen MR) is 88.7 cm³/mol. The monoisotopic (exact) mass is 341 g/mol. The molecule has 25 heavy (non-hydrogen) atoms. The van der Waals surface area contributed by atoms with Gasteiger partial charge in [0.2, 0.25) is 0 Å². The highest BCUT2D eigenvalue weighted by Gasteiger charge is 2.38.